The lowest BCUT2D eigenvalue weighted by Gasteiger charge is -2.33. The minimum atomic E-state index is -0.337. The summed E-state index contributed by atoms with van der Waals surface area (Å²) in [5.41, 5.74) is 3.26. The number of rotatable bonds is 5. The number of benzene rings is 1. The van der Waals surface area contributed by atoms with Gasteiger partial charge in [0, 0.05) is 28.5 Å². The molecular weight excluding hydrogens is 380 g/mol. The zero-order valence-electron chi connectivity index (χ0n) is 18.1. The first-order valence-electron chi connectivity index (χ1n) is 10.8. The SMILES string of the molecule is C=C(C1CCCCCC1)N1C=CC=C(COc2c(F)cccc2P)/C1=C/C.CC. The largest absolute Gasteiger partial charge is 0.485 e. The van der Waals surface area contributed by atoms with E-state index in [9.17, 15) is 4.39 Å². The minimum absolute atomic E-state index is 0.294. The highest BCUT2D eigenvalue weighted by Crippen LogP contribution is 2.34. The second kappa shape index (κ2) is 12.0. The Morgan fingerprint density at radius 1 is 1.24 bits per heavy atom. The average molecular weight is 416 g/mol. The third-order valence-electron chi connectivity index (χ3n) is 5.40. The first kappa shape index (κ1) is 23.4. The second-order valence-corrected chi connectivity index (χ2v) is 7.83. The number of para-hydroxylation sites is 1. The highest BCUT2D eigenvalue weighted by atomic mass is 31.0. The average Bonchev–Trinajstić information content (AvgIpc) is 3.03. The third-order valence-corrected chi connectivity index (χ3v) is 5.85. The van der Waals surface area contributed by atoms with Gasteiger partial charge in [0.2, 0.25) is 0 Å². The van der Waals surface area contributed by atoms with Gasteiger partial charge in [-0.1, -0.05) is 70.4 Å². The molecule has 2 nitrogen and oxygen atoms in total. The van der Waals surface area contributed by atoms with Crippen molar-refractivity contribution >= 4 is 14.5 Å². The van der Waals surface area contributed by atoms with Crippen LogP contribution < -0.4 is 10.0 Å². The van der Waals surface area contributed by atoms with Crippen molar-refractivity contribution in [2.75, 3.05) is 6.61 Å². The van der Waals surface area contributed by atoms with Gasteiger partial charge < -0.3 is 9.64 Å². The number of allylic oxidation sites excluding steroid dienone is 4. The van der Waals surface area contributed by atoms with Crippen molar-refractivity contribution in [1.29, 1.82) is 0 Å². The molecule has 0 spiro atoms. The molecule has 0 aromatic heterocycles. The Hall–Kier alpha value is -1.86. The van der Waals surface area contributed by atoms with E-state index < -0.39 is 0 Å². The molecule has 0 saturated heterocycles. The molecule has 0 N–H and O–H groups in total. The van der Waals surface area contributed by atoms with Crippen LogP contribution in [0.15, 0.2) is 66.2 Å². The molecule has 1 unspecified atom stereocenters. The van der Waals surface area contributed by atoms with Crippen LogP contribution in [0.4, 0.5) is 4.39 Å². The van der Waals surface area contributed by atoms with Gasteiger partial charge in [-0.05, 0) is 37.8 Å². The van der Waals surface area contributed by atoms with Crippen LogP contribution in [0.3, 0.4) is 0 Å². The second-order valence-electron chi connectivity index (χ2n) is 7.20. The van der Waals surface area contributed by atoms with Gasteiger partial charge in [0.05, 0.1) is 0 Å². The molecule has 0 radical (unpaired) electrons. The van der Waals surface area contributed by atoms with Crippen molar-refractivity contribution in [2.24, 2.45) is 5.92 Å². The zero-order valence-corrected chi connectivity index (χ0v) is 19.2. The van der Waals surface area contributed by atoms with Crippen LogP contribution in [0.25, 0.3) is 0 Å². The number of nitrogens with zero attached hydrogens (tertiary/aromatic N) is 1. The van der Waals surface area contributed by atoms with Crippen LogP contribution in [-0.2, 0) is 0 Å². The molecule has 1 heterocycles. The molecule has 1 saturated carbocycles. The van der Waals surface area contributed by atoms with Crippen LogP contribution in [0.5, 0.6) is 5.75 Å². The summed E-state index contributed by atoms with van der Waals surface area (Å²) in [5.74, 6) is 0.483. The van der Waals surface area contributed by atoms with E-state index in [2.05, 4.69) is 33.0 Å². The van der Waals surface area contributed by atoms with Gasteiger partial charge >= 0.3 is 0 Å². The molecule has 1 aliphatic carbocycles. The summed E-state index contributed by atoms with van der Waals surface area (Å²) in [4.78, 5) is 2.19. The monoisotopic (exact) mass is 415 g/mol. The summed E-state index contributed by atoms with van der Waals surface area (Å²) in [6, 6.07) is 4.94. The van der Waals surface area contributed by atoms with Crippen LogP contribution >= 0.6 is 9.24 Å². The molecule has 1 aliphatic heterocycles. The molecule has 4 heteroatoms. The molecule has 2 aliphatic rings. The Labute approximate surface area is 178 Å². The highest BCUT2D eigenvalue weighted by molar-refractivity contribution is 7.27. The van der Waals surface area contributed by atoms with Gasteiger partial charge in [0.1, 0.15) is 6.61 Å². The number of ether oxygens (including phenoxy) is 1. The predicted molar refractivity (Wildman–Crippen MR) is 126 cm³/mol. The molecule has 3 rings (SSSR count). The Morgan fingerprint density at radius 2 is 1.93 bits per heavy atom. The van der Waals surface area contributed by atoms with Crippen molar-refractivity contribution < 1.29 is 9.13 Å². The van der Waals surface area contributed by atoms with Crippen molar-refractivity contribution in [2.45, 2.75) is 59.3 Å². The third kappa shape index (κ3) is 6.06. The van der Waals surface area contributed by atoms with Crippen molar-refractivity contribution in [3.05, 3.63) is 72.0 Å². The summed E-state index contributed by atoms with van der Waals surface area (Å²) in [6.45, 7) is 10.8. The molecule has 1 fully saturated rings. The smallest absolute Gasteiger partial charge is 0.165 e. The van der Waals surface area contributed by atoms with Gasteiger partial charge in [0.15, 0.2) is 11.6 Å². The Bertz CT molecular complexity index is 753. The van der Waals surface area contributed by atoms with E-state index >= 15 is 0 Å². The van der Waals surface area contributed by atoms with E-state index in [0.29, 0.717) is 18.3 Å². The van der Waals surface area contributed by atoms with Crippen LogP contribution in [0, 0.1) is 11.7 Å². The van der Waals surface area contributed by atoms with Gasteiger partial charge in [-0.3, -0.25) is 0 Å². The minimum Gasteiger partial charge on any atom is -0.485 e. The van der Waals surface area contributed by atoms with Crippen molar-refractivity contribution in [1.82, 2.24) is 4.90 Å². The fourth-order valence-electron chi connectivity index (χ4n) is 3.90. The van der Waals surface area contributed by atoms with Crippen LogP contribution in [-0.4, -0.2) is 11.5 Å². The summed E-state index contributed by atoms with van der Waals surface area (Å²) in [5, 5.41) is 0.726. The Balaban J connectivity index is 0.00000145. The summed E-state index contributed by atoms with van der Waals surface area (Å²) >= 11 is 0. The Kier molecular flexibility index (Phi) is 9.67. The van der Waals surface area contributed by atoms with E-state index in [4.69, 9.17) is 4.74 Å². The fourth-order valence-corrected chi connectivity index (χ4v) is 4.23. The highest BCUT2D eigenvalue weighted by Gasteiger charge is 2.24. The maximum Gasteiger partial charge on any atom is 0.165 e. The molecule has 29 heavy (non-hydrogen) atoms. The van der Waals surface area contributed by atoms with E-state index in [1.165, 1.54) is 44.6 Å². The zero-order chi connectivity index (χ0) is 21.2. The maximum absolute atomic E-state index is 14.1. The lowest BCUT2D eigenvalue weighted by molar-refractivity contribution is 0.328. The first-order valence-corrected chi connectivity index (χ1v) is 11.4. The summed E-state index contributed by atoms with van der Waals surface area (Å²) < 4.78 is 19.9. The molecule has 1 aromatic carbocycles. The topological polar surface area (TPSA) is 12.5 Å². The quantitative estimate of drug-likeness (QED) is 0.384. The molecule has 158 valence electrons. The molecule has 0 bridgehead atoms. The predicted octanol–water partition coefficient (Wildman–Crippen LogP) is 6.87. The lowest BCUT2D eigenvalue weighted by atomic mass is 9.95. The molecule has 0 amide bonds. The Morgan fingerprint density at radius 3 is 2.55 bits per heavy atom. The fraction of sp³-hybridized carbons (Fsp3) is 0.440. The lowest BCUT2D eigenvalue weighted by Crippen LogP contribution is -2.26. The van der Waals surface area contributed by atoms with Crippen LogP contribution in [0.1, 0.15) is 59.3 Å². The standard InChI is InChI=1S/C23H29FNOP.C2H6/c1-3-21-19(16-26-23-20(24)13-8-14-22(23)27)12-9-15-25(21)17(2)18-10-6-4-5-7-11-18;1-2/h3,8-9,12-15,18H,2,4-7,10-11,16,27H2,1H3;1-2H3/b21-3-;. The maximum atomic E-state index is 14.1. The molecular formula is C25H35FNOP. The van der Waals surface area contributed by atoms with Gasteiger partial charge in [-0.15, -0.1) is 9.24 Å². The normalized spacial score (nSPS) is 18.6. The van der Waals surface area contributed by atoms with E-state index in [-0.39, 0.29) is 5.82 Å². The van der Waals surface area contributed by atoms with Gasteiger partial charge in [-0.2, -0.15) is 0 Å². The van der Waals surface area contributed by atoms with E-state index in [0.717, 1.165) is 22.3 Å². The van der Waals surface area contributed by atoms with E-state index in [1.807, 2.05) is 39.0 Å². The van der Waals surface area contributed by atoms with Gasteiger partial charge in [-0.25, -0.2) is 4.39 Å². The van der Waals surface area contributed by atoms with Gasteiger partial charge in [0.25, 0.3) is 0 Å². The number of hydrogen-bond acceptors (Lipinski definition) is 2. The number of halogens is 1. The van der Waals surface area contributed by atoms with E-state index in [1.54, 1.807) is 6.07 Å². The van der Waals surface area contributed by atoms with Crippen molar-refractivity contribution in [3.8, 4) is 5.75 Å². The molecule has 1 aromatic rings. The van der Waals surface area contributed by atoms with Crippen LogP contribution in [0.2, 0.25) is 0 Å². The summed E-state index contributed by atoms with van der Waals surface area (Å²) in [7, 11) is 2.53. The molecule has 1 atom stereocenters. The van der Waals surface area contributed by atoms with Crippen molar-refractivity contribution in [3.63, 3.8) is 0 Å². The number of hydrogen-bond donors (Lipinski definition) is 0. The first-order chi connectivity index (χ1) is 14.1. The summed E-state index contributed by atoms with van der Waals surface area (Å²) in [6.07, 6.45) is 15.9.